The third-order valence-corrected chi connectivity index (χ3v) is 6.38. The van der Waals surface area contributed by atoms with Gasteiger partial charge in [0.1, 0.15) is 10.6 Å². The molecular weight excluding hydrogens is 451 g/mol. The van der Waals surface area contributed by atoms with Gasteiger partial charge in [-0.2, -0.15) is 0 Å². The van der Waals surface area contributed by atoms with Gasteiger partial charge in [-0.3, -0.25) is 9.59 Å². The second-order valence-corrected chi connectivity index (χ2v) is 8.78. The van der Waals surface area contributed by atoms with E-state index in [0.717, 1.165) is 27.5 Å². The minimum absolute atomic E-state index is 0.242. The summed E-state index contributed by atoms with van der Waals surface area (Å²) >= 11 is 13.3. The van der Waals surface area contributed by atoms with Gasteiger partial charge in [-0.25, -0.2) is 4.90 Å². The van der Waals surface area contributed by atoms with Crippen molar-refractivity contribution in [3.63, 3.8) is 0 Å². The van der Waals surface area contributed by atoms with E-state index in [2.05, 4.69) is 5.32 Å². The lowest BCUT2D eigenvalue weighted by molar-refractivity contribution is -0.120. The lowest BCUT2D eigenvalue weighted by atomic mass is 10.1. The number of carbonyl (C=O) groups excluding carboxylic acids is 2. The first-order chi connectivity index (χ1) is 15.0. The van der Waals surface area contributed by atoms with Gasteiger partial charge in [0, 0.05) is 20.6 Å². The van der Waals surface area contributed by atoms with Crippen LogP contribution >= 0.6 is 35.0 Å². The van der Waals surface area contributed by atoms with Gasteiger partial charge in [-0.15, -0.1) is 0 Å². The lowest BCUT2D eigenvalue weighted by Gasteiger charge is -2.16. The lowest BCUT2D eigenvalue weighted by Crippen LogP contribution is -2.32. The first-order valence-electron chi connectivity index (χ1n) is 9.65. The monoisotopic (exact) mass is 468 g/mol. The van der Waals surface area contributed by atoms with Crippen molar-refractivity contribution in [2.45, 2.75) is 18.2 Å². The van der Waals surface area contributed by atoms with Gasteiger partial charge in [0.15, 0.2) is 0 Å². The van der Waals surface area contributed by atoms with Crippen LogP contribution in [0.5, 0.6) is 0 Å². The molecule has 0 spiro atoms. The molecule has 3 aromatic rings. The van der Waals surface area contributed by atoms with Crippen molar-refractivity contribution >= 4 is 58.2 Å². The van der Waals surface area contributed by atoms with Gasteiger partial charge < -0.3 is 5.32 Å². The predicted molar refractivity (Wildman–Crippen MR) is 128 cm³/mol. The maximum Gasteiger partial charge on any atom is 0.283 e. The molecule has 0 aromatic heterocycles. The largest absolute Gasteiger partial charge is 0.350 e. The zero-order chi connectivity index (χ0) is 22.0. The van der Waals surface area contributed by atoms with E-state index >= 15 is 0 Å². The number of hydrogen-bond acceptors (Lipinski definition) is 4. The first-order valence-corrected chi connectivity index (χ1v) is 11.2. The highest BCUT2D eigenvalue weighted by atomic mass is 35.5. The molecule has 1 N–H and O–H groups in total. The topological polar surface area (TPSA) is 49.4 Å². The number of rotatable bonds is 6. The molecule has 0 fully saturated rings. The highest BCUT2D eigenvalue weighted by molar-refractivity contribution is 8.04. The summed E-state index contributed by atoms with van der Waals surface area (Å²) in [5, 5.41) is 4.27. The highest BCUT2D eigenvalue weighted by Crippen LogP contribution is 2.38. The molecule has 0 bridgehead atoms. The molecular formula is C24H18Cl2N2O2S. The molecule has 1 heterocycles. The predicted octanol–water partition coefficient (Wildman–Crippen LogP) is 6.55. The number of nitrogens with zero attached hydrogens (tertiary/aromatic N) is 1. The van der Waals surface area contributed by atoms with Crippen LogP contribution in [0, 0.1) is 0 Å². The van der Waals surface area contributed by atoms with Crippen molar-refractivity contribution in [2.75, 3.05) is 10.2 Å². The van der Waals surface area contributed by atoms with Crippen LogP contribution in [0.15, 0.2) is 88.3 Å². The van der Waals surface area contributed by atoms with E-state index in [1.165, 1.54) is 11.8 Å². The third kappa shape index (κ3) is 4.49. The van der Waals surface area contributed by atoms with Crippen LogP contribution in [0.3, 0.4) is 0 Å². The van der Waals surface area contributed by atoms with Crippen LogP contribution in [-0.2, 0) is 16.0 Å². The van der Waals surface area contributed by atoms with Crippen molar-refractivity contribution in [1.82, 2.24) is 0 Å². The summed E-state index contributed by atoms with van der Waals surface area (Å²) in [4.78, 5) is 29.0. The SMILES string of the molecule is CCc1ccccc1NC1=C(Sc2ccc(Cl)cc2)C(=O)N(c2cccc(Cl)c2)C1=O. The molecule has 31 heavy (non-hydrogen) atoms. The summed E-state index contributed by atoms with van der Waals surface area (Å²) in [5.41, 5.74) is 2.51. The zero-order valence-corrected chi connectivity index (χ0v) is 18.9. The molecule has 0 radical (unpaired) electrons. The maximum absolute atomic E-state index is 13.4. The molecule has 0 unspecified atom stereocenters. The van der Waals surface area contributed by atoms with E-state index in [9.17, 15) is 9.59 Å². The molecule has 4 rings (SSSR count). The summed E-state index contributed by atoms with van der Waals surface area (Å²) in [5.74, 6) is -0.821. The summed E-state index contributed by atoms with van der Waals surface area (Å²) in [7, 11) is 0. The number of amides is 2. The van der Waals surface area contributed by atoms with Crippen molar-refractivity contribution in [2.24, 2.45) is 0 Å². The molecule has 4 nitrogen and oxygen atoms in total. The number of hydrogen-bond donors (Lipinski definition) is 1. The molecule has 1 aliphatic rings. The van der Waals surface area contributed by atoms with E-state index < -0.39 is 11.8 Å². The minimum Gasteiger partial charge on any atom is -0.350 e. The average molecular weight is 469 g/mol. The summed E-state index contributed by atoms with van der Waals surface area (Å²) in [6.45, 7) is 2.04. The molecule has 2 amide bonds. The van der Waals surface area contributed by atoms with Crippen LogP contribution in [0.4, 0.5) is 11.4 Å². The van der Waals surface area contributed by atoms with E-state index in [-0.39, 0.29) is 5.70 Å². The fraction of sp³-hybridized carbons (Fsp3) is 0.0833. The van der Waals surface area contributed by atoms with Gasteiger partial charge in [0.2, 0.25) is 0 Å². The molecule has 3 aromatic carbocycles. The molecule has 0 saturated carbocycles. The van der Waals surface area contributed by atoms with E-state index in [4.69, 9.17) is 23.2 Å². The number of carbonyl (C=O) groups is 2. The number of benzene rings is 3. The Kier molecular flexibility index (Phi) is 6.37. The van der Waals surface area contributed by atoms with Gasteiger partial charge >= 0.3 is 0 Å². The van der Waals surface area contributed by atoms with E-state index in [0.29, 0.717) is 20.6 Å². The second kappa shape index (κ2) is 9.18. The highest BCUT2D eigenvalue weighted by Gasteiger charge is 2.40. The molecule has 0 aliphatic carbocycles. The van der Waals surface area contributed by atoms with Crippen LogP contribution in [0.1, 0.15) is 12.5 Å². The Balaban J connectivity index is 1.77. The quantitative estimate of drug-likeness (QED) is 0.416. The Morgan fingerprint density at radius 2 is 1.61 bits per heavy atom. The summed E-state index contributed by atoms with van der Waals surface area (Å²) in [6.07, 6.45) is 0.788. The fourth-order valence-electron chi connectivity index (χ4n) is 3.27. The minimum atomic E-state index is -0.422. The molecule has 7 heteroatoms. The molecule has 1 aliphatic heterocycles. The van der Waals surface area contributed by atoms with Gasteiger partial charge in [-0.05, 0) is 60.5 Å². The summed E-state index contributed by atoms with van der Waals surface area (Å²) in [6, 6.07) is 21.6. The van der Waals surface area contributed by atoms with Crippen molar-refractivity contribution in [3.05, 3.63) is 99.0 Å². The van der Waals surface area contributed by atoms with Gasteiger partial charge in [0.05, 0.1) is 5.69 Å². The van der Waals surface area contributed by atoms with E-state index in [1.54, 1.807) is 36.4 Å². The average Bonchev–Trinajstić information content (AvgIpc) is 2.99. The number of halogens is 2. The number of nitrogens with one attached hydrogen (secondary N) is 1. The number of thioether (sulfide) groups is 1. The Morgan fingerprint density at radius 3 is 2.32 bits per heavy atom. The van der Waals surface area contributed by atoms with Gasteiger partial charge in [-0.1, -0.05) is 66.2 Å². The van der Waals surface area contributed by atoms with E-state index in [1.807, 2.05) is 43.3 Å². The number of para-hydroxylation sites is 1. The standard InChI is InChI=1S/C24H18Cl2N2O2S/c1-2-15-6-3-4-9-20(15)27-21-22(31-19-12-10-16(25)11-13-19)24(30)28(23(21)29)18-8-5-7-17(26)14-18/h3-14,27H,2H2,1H3. The van der Waals surface area contributed by atoms with Gasteiger partial charge in [0.25, 0.3) is 11.8 Å². The summed E-state index contributed by atoms with van der Waals surface area (Å²) < 4.78 is 0. The zero-order valence-electron chi connectivity index (χ0n) is 16.6. The molecule has 156 valence electrons. The smallest absolute Gasteiger partial charge is 0.283 e. The second-order valence-electron chi connectivity index (χ2n) is 6.82. The molecule has 0 atom stereocenters. The number of anilines is 2. The maximum atomic E-state index is 13.4. The third-order valence-electron chi connectivity index (χ3n) is 4.80. The van der Waals surface area contributed by atoms with Crippen LogP contribution in [0.2, 0.25) is 10.0 Å². The number of imide groups is 1. The van der Waals surface area contributed by atoms with Crippen molar-refractivity contribution < 1.29 is 9.59 Å². The Morgan fingerprint density at radius 1 is 0.871 bits per heavy atom. The van der Waals surface area contributed by atoms with Crippen molar-refractivity contribution in [3.8, 4) is 0 Å². The Hall–Kier alpha value is -2.73. The normalized spacial score (nSPS) is 13.8. The first kappa shape index (κ1) is 21.5. The van der Waals surface area contributed by atoms with Crippen LogP contribution in [0.25, 0.3) is 0 Å². The fourth-order valence-corrected chi connectivity index (χ4v) is 4.51. The van der Waals surface area contributed by atoms with Crippen molar-refractivity contribution in [1.29, 1.82) is 0 Å². The number of aryl methyl sites for hydroxylation is 1. The molecule has 0 saturated heterocycles. The van der Waals surface area contributed by atoms with Crippen LogP contribution < -0.4 is 10.2 Å². The Bertz CT molecular complexity index is 1190. The Labute approximate surface area is 194 Å². The van der Waals surface area contributed by atoms with Crippen LogP contribution in [-0.4, -0.2) is 11.8 Å².